The second-order valence-corrected chi connectivity index (χ2v) is 5.95. The molecule has 2 atom stereocenters. The van der Waals surface area contributed by atoms with Gasteiger partial charge < -0.3 is 10.6 Å². The fourth-order valence-electron chi connectivity index (χ4n) is 2.70. The fourth-order valence-corrected chi connectivity index (χ4v) is 2.70. The Morgan fingerprint density at radius 3 is 2.63 bits per heavy atom. The van der Waals surface area contributed by atoms with Crippen LogP contribution in [0.5, 0.6) is 0 Å². The first-order valence-corrected chi connectivity index (χ1v) is 7.85. The van der Waals surface area contributed by atoms with E-state index in [9.17, 15) is 0 Å². The summed E-state index contributed by atoms with van der Waals surface area (Å²) in [5.41, 5.74) is 0. The Morgan fingerprint density at radius 1 is 1.32 bits per heavy atom. The first-order chi connectivity index (χ1) is 9.04. The van der Waals surface area contributed by atoms with E-state index in [-0.39, 0.29) is 0 Å². The lowest BCUT2D eigenvalue weighted by Gasteiger charge is -2.37. The van der Waals surface area contributed by atoms with Crippen LogP contribution in [0.1, 0.15) is 53.9 Å². The van der Waals surface area contributed by atoms with Gasteiger partial charge in [-0.2, -0.15) is 0 Å². The zero-order valence-corrected chi connectivity index (χ0v) is 13.4. The molecule has 1 aliphatic rings. The Bertz CT molecular complexity index is 275. The minimum atomic E-state index is 0.419. The Balaban J connectivity index is 2.50. The summed E-state index contributed by atoms with van der Waals surface area (Å²) in [6, 6.07) is 1.65. The maximum atomic E-state index is 4.72. The van der Waals surface area contributed by atoms with Crippen LogP contribution in [0.2, 0.25) is 0 Å². The van der Waals surface area contributed by atoms with E-state index in [2.05, 4.69) is 50.2 Å². The summed E-state index contributed by atoms with van der Waals surface area (Å²) in [6.07, 6.45) is 4.05. The van der Waals surface area contributed by atoms with E-state index in [0.717, 1.165) is 19.0 Å². The largest absolute Gasteiger partial charge is 0.357 e. The van der Waals surface area contributed by atoms with Crippen molar-refractivity contribution in [2.45, 2.75) is 72.0 Å². The highest BCUT2D eigenvalue weighted by Gasteiger charge is 2.22. The van der Waals surface area contributed by atoms with Gasteiger partial charge in [-0.05, 0) is 54.0 Å². The van der Waals surface area contributed by atoms with E-state index in [4.69, 9.17) is 4.99 Å². The zero-order chi connectivity index (χ0) is 14.3. The molecule has 0 radical (unpaired) electrons. The number of nitrogens with zero attached hydrogens (tertiary/aromatic N) is 2. The van der Waals surface area contributed by atoms with Gasteiger partial charge in [0.15, 0.2) is 5.96 Å². The number of nitrogens with one attached hydrogen (secondary N) is 2. The predicted octanol–water partition coefficient (Wildman–Crippen LogP) is 2.21. The van der Waals surface area contributed by atoms with E-state index in [1.54, 1.807) is 0 Å². The predicted molar refractivity (Wildman–Crippen MR) is 83.7 cm³/mol. The third-order valence-electron chi connectivity index (χ3n) is 3.70. The molecule has 1 saturated heterocycles. The molecule has 2 N–H and O–H groups in total. The van der Waals surface area contributed by atoms with Crippen molar-refractivity contribution in [3.05, 3.63) is 0 Å². The maximum Gasteiger partial charge on any atom is 0.191 e. The molecule has 1 aliphatic heterocycles. The normalized spacial score (nSPS) is 23.5. The number of aliphatic imine (C=N–C) groups is 1. The average Bonchev–Trinajstić information content (AvgIpc) is 2.36. The van der Waals surface area contributed by atoms with Gasteiger partial charge in [-0.1, -0.05) is 6.42 Å². The van der Waals surface area contributed by atoms with E-state index in [1.165, 1.54) is 25.8 Å². The molecule has 4 heteroatoms. The minimum Gasteiger partial charge on any atom is -0.357 e. The molecule has 112 valence electrons. The Kier molecular flexibility index (Phi) is 7.21. The molecule has 0 aromatic heterocycles. The van der Waals surface area contributed by atoms with Crippen molar-refractivity contribution in [2.75, 3.05) is 19.6 Å². The maximum absolute atomic E-state index is 4.72. The summed E-state index contributed by atoms with van der Waals surface area (Å²) in [6.45, 7) is 14.0. The SMILES string of the molecule is CCNC(=NCC(C)N1CCCCC1C)NC(C)C. The second-order valence-electron chi connectivity index (χ2n) is 5.95. The quantitative estimate of drug-likeness (QED) is 0.593. The van der Waals surface area contributed by atoms with Crippen LogP contribution in [-0.4, -0.2) is 48.6 Å². The highest BCUT2D eigenvalue weighted by Crippen LogP contribution is 2.18. The topological polar surface area (TPSA) is 39.7 Å². The molecule has 19 heavy (non-hydrogen) atoms. The van der Waals surface area contributed by atoms with Gasteiger partial charge in [0.05, 0.1) is 6.54 Å². The molecule has 0 saturated carbocycles. The summed E-state index contributed by atoms with van der Waals surface area (Å²) in [5.74, 6) is 0.939. The van der Waals surface area contributed by atoms with Gasteiger partial charge in [0.1, 0.15) is 0 Å². The second kappa shape index (κ2) is 8.41. The number of hydrogen-bond donors (Lipinski definition) is 2. The molecule has 0 spiro atoms. The van der Waals surface area contributed by atoms with Gasteiger partial charge in [-0.25, -0.2) is 0 Å². The van der Waals surface area contributed by atoms with Crippen LogP contribution in [0.15, 0.2) is 4.99 Å². The Morgan fingerprint density at radius 2 is 2.05 bits per heavy atom. The van der Waals surface area contributed by atoms with Gasteiger partial charge >= 0.3 is 0 Å². The first-order valence-electron chi connectivity index (χ1n) is 7.85. The van der Waals surface area contributed by atoms with E-state index >= 15 is 0 Å². The molecule has 0 aromatic carbocycles. The third kappa shape index (κ3) is 5.81. The highest BCUT2D eigenvalue weighted by atomic mass is 15.2. The number of guanidine groups is 1. The van der Waals surface area contributed by atoms with Gasteiger partial charge in [-0.15, -0.1) is 0 Å². The summed E-state index contributed by atoms with van der Waals surface area (Å²) in [5, 5.41) is 6.67. The summed E-state index contributed by atoms with van der Waals surface area (Å²) in [4.78, 5) is 7.32. The molecule has 1 heterocycles. The van der Waals surface area contributed by atoms with E-state index < -0.39 is 0 Å². The van der Waals surface area contributed by atoms with Crippen molar-refractivity contribution in [3.63, 3.8) is 0 Å². The lowest BCUT2D eigenvalue weighted by atomic mass is 10.0. The molecule has 0 amide bonds. The van der Waals surface area contributed by atoms with Crippen molar-refractivity contribution in [2.24, 2.45) is 4.99 Å². The average molecular weight is 268 g/mol. The molecule has 1 fully saturated rings. The Labute approximate surface area is 119 Å². The Hall–Kier alpha value is -0.770. The monoisotopic (exact) mass is 268 g/mol. The van der Waals surface area contributed by atoms with Crippen molar-refractivity contribution >= 4 is 5.96 Å². The van der Waals surface area contributed by atoms with Gasteiger partial charge in [0.2, 0.25) is 0 Å². The van der Waals surface area contributed by atoms with Crippen LogP contribution in [-0.2, 0) is 0 Å². The number of piperidine rings is 1. The van der Waals surface area contributed by atoms with Crippen LogP contribution in [0, 0.1) is 0 Å². The van der Waals surface area contributed by atoms with Gasteiger partial charge in [0.25, 0.3) is 0 Å². The third-order valence-corrected chi connectivity index (χ3v) is 3.70. The molecule has 0 bridgehead atoms. The zero-order valence-electron chi connectivity index (χ0n) is 13.4. The molecular weight excluding hydrogens is 236 g/mol. The number of likely N-dealkylation sites (tertiary alicyclic amines) is 1. The molecule has 0 aromatic rings. The number of rotatable bonds is 5. The number of hydrogen-bond acceptors (Lipinski definition) is 2. The smallest absolute Gasteiger partial charge is 0.191 e. The van der Waals surface area contributed by atoms with Gasteiger partial charge in [-0.3, -0.25) is 9.89 Å². The van der Waals surface area contributed by atoms with E-state index in [0.29, 0.717) is 18.1 Å². The fraction of sp³-hybridized carbons (Fsp3) is 0.933. The van der Waals surface area contributed by atoms with Crippen molar-refractivity contribution in [1.82, 2.24) is 15.5 Å². The van der Waals surface area contributed by atoms with Crippen LogP contribution in [0.3, 0.4) is 0 Å². The van der Waals surface area contributed by atoms with Crippen LogP contribution >= 0.6 is 0 Å². The summed E-state index contributed by atoms with van der Waals surface area (Å²) < 4.78 is 0. The van der Waals surface area contributed by atoms with Crippen LogP contribution < -0.4 is 10.6 Å². The van der Waals surface area contributed by atoms with Crippen LogP contribution in [0.25, 0.3) is 0 Å². The van der Waals surface area contributed by atoms with Crippen molar-refractivity contribution in [1.29, 1.82) is 0 Å². The van der Waals surface area contributed by atoms with E-state index in [1.807, 2.05) is 0 Å². The summed E-state index contributed by atoms with van der Waals surface area (Å²) >= 11 is 0. The van der Waals surface area contributed by atoms with Crippen LogP contribution in [0.4, 0.5) is 0 Å². The van der Waals surface area contributed by atoms with Crippen molar-refractivity contribution < 1.29 is 0 Å². The standard InChI is InChI=1S/C15H32N4/c1-6-16-15(18-12(2)3)17-11-14(5)19-10-8-7-9-13(19)4/h12-14H,6-11H2,1-5H3,(H2,16,17,18). The first kappa shape index (κ1) is 16.3. The van der Waals surface area contributed by atoms with Gasteiger partial charge in [0, 0.05) is 24.7 Å². The lowest BCUT2D eigenvalue weighted by Crippen LogP contribution is -2.46. The van der Waals surface area contributed by atoms with Crippen molar-refractivity contribution in [3.8, 4) is 0 Å². The molecule has 2 unspecified atom stereocenters. The lowest BCUT2D eigenvalue weighted by molar-refractivity contribution is 0.118. The molecule has 1 rings (SSSR count). The minimum absolute atomic E-state index is 0.419. The summed E-state index contributed by atoms with van der Waals surface area (Å²) in [7, 11) is 0. The molecule has 4 nitrogen and oxygen atoms in total. The molecular formula is C15H32N4. The highest BCUT2D eigenvalue weighted by molar-refractivity contribution is 5.79. The molecule has 0 aliphatic carbocycles.